The van der Waals surface area contributed by atoms with Crippen LogP contribution in [0.25, 0.3) is 0 Å². The van der Waals surface area contributed by atoms with Crippen molar-refractivity contribution in [3.05, 3.63) is 22.7 Å². The molecule has 4 N–H and O–H groups in total. The molecular weight excluding hydrogens is 242 g/mol. The van der Waals surface area contributed by atoms with Crippen LogP contribution in [0.2, 0.25) is 5.02 Å². The van der Waals surface area contributed by atoms with Crippen molar-refractivity contribution in [3.63, 3.8) is 0 Å². The minimum absolute atomic E-state index is 0.0428. The van der Waals surface area contributed by atoms with E-state index in [2.05, 4.69) is 5.32 Å². The molecule has 0 saturated heterocycles. The first kappa shape index (κ1) is 12.5. The maximum atomic E-state index is 9.88. The number of aliphatic hydroxyl groups excluding tert-OH is 1. The van der Waals surface area contributed by atoms with Crippen LogP contribution < -0.4 is 5.32 Å². The summed E-state index contributed by atoms with van der Waals surface area (Å²) in [4.78, 5) is 0. The van der Waals surface area contributed by atoms with Gasteiger partial charge < -0.3 is 20.6 Å². The second-order valence-electron chi connectivity index (χ2n) is 4.49. The average molecular weight is 258 g/mol. The molecule has 0 heterocycles. The number of phenolic OH excluding ortho intramolecular Hbond substituents is 2. The van der Waals surface area contributed by atoms with Crippen LogP contribution in [0.4, 0.5) is 0 Å². The van der Waals surface area contributed by atoms with Gasteiger partial charge in [-0.05, 0) is 43.0 Å². The van der Waals surface area contributed by atoms with E-state index >= 15 is 0 Å². The van der Waals surface area contributed by atoms with E-state index in [4.69, 9.17) is 11.6 Å². The summed E-state index contributed by atoms with van der Waals surface area (Å²) in [5.74, 6) is 0.0845. The molecule has 94 valence electrons. The molecule has 1 saturated carbocycles. The fraction of sp³-hybridized carbons (Fsp3) is 0.500. The number of rotatable bonds is 5. The van der Waals surface area contributed by atoms with E-state index < -0.39 is 6.10 Å². The second kappa shape index (κ2) is 5.12. The third-order valence-electron chi connectivity index (χ3n) is 2.92. The Morgan fingerprint density at radius 3 is 2.65 bits per heavy atom. The molecule has 4 nitrogen and oxygen atoms in total. The highest BCUT2D eigenvalue weighted by Crippen LogP contribution is 2.35. The molecule has 0 aromatic heterocycles. The minimum Gasteiger partial charge on any atom is -0.504 e. The highest BCUT2D eigenvalue weighted by molar-refractivity contribution is 6.32. The Hall–Kier alpha value is -0.970. The van der Waals surface area contributed by atoms with Gasteiger partial charge in [0.2, 0.25) is 0 Å². The minimum atomic E-state index is -0.738. The van der Waals surface area contributed by atoms with Crippen LogP contribution in [0.3, 0.4) is 0 Å². The lowest BCUT2D eigenvalue weighted by Gasteiger charge is -2.13. The largest absolute Gasteiger partial charge is 0.504 e. The zero-order valence-corrected chi connectivity index (χ0v) is 10.1. The van der Waals surface area contributed by atoms with E-state index in [1.165, 1.54) is 25.0 Å². The van der Waals surface area contributed by atoms with Gasteiger partial charge in [0.1, 0.15) is 0 Å². The van der Waals surface area contributed by atoms with Crippen molar-refractivity contribution < 1.29 is 15.3 Å². The smallest absolute Gasteiger partial charge is 0.176 e. The van der Waals surface area contributed by atoms with Crippen LogP contribution in [0.1, 0.15) is 24.5 Å². The topological polar surface area (TPSA) is 72.7 Å². The number of nitrogens with one attached hydrogen (secondary N) is 1. The summed E-state index contributed by atoms with van der Waals surface area (Å²) in [6.45, 7) is 1.33. The van der Waals surface area contributed by atoms with E-state index in [-0.39, 0.29) is 16.5 Å². The van der Waals surface area contributed by atoms with Gasteiger partial charge in [0, 0.05) is 6.54 Å². The number of hydrogen-bond acceptors (Lipinski definition) is 4. The van der Waals surface area contributed by atoms with Crippen LogP contribution >= 0.6 is 11.6 Å². The Kier molecular flexibility index (Phi) is 3.76. The lowest BCUT2D eigenvalue weighted by Crippen LogP contribution is -2.23. The van der Waals surface area contributed by atoms with Gasteiger partial charge in [-0.25, -0.2) is 0 Å². The summed E-state index contributed by atoms with van der Waals surface area (Å²) in [6, 6.07) is 2.78. The quantitative estimate of drug-likeness (QED) is 0.607. The Labute approximate surface area is 105 Å². The first-order valence-corrected chi connectivity index (χ1v) is 6.06. The molecule has 1 fully saturated rings. The van der Waals surface area contributed by atoms with Gasteiger partial charge in [0.15, 0.2) is 11.5 Å². The van der Waals surface area contributed by atoms with Gasteiger partial charge in [-0.2, -0.15) is 0 Å². The normalized spacial score (nSPS) is 17.1. The van der Waals surface area contributed by atoms with E-state index in [9.17, 15) is 15.3 Å². The van der Waals surface area contributed by atoms with E-state index in [0.29, 0.717) is 12.1 Å². The van der Waals surface area contributed by atoms with Crippen LogP contribution in [-0.4, -0.2) is 28.4 Å². The van der Waals surface area contributed by atoms with Gasteiger partial charge >= 0.3 is 0 Å². The van der Waals surface area contributed by atoms with Crippen molar-refractivity contribution in [3.8, 4) is 11.5 Å². The number of benzene rings is 1. The molecule has 1 aromatic carbocycles. The molecule has 1 atom stereocenters. The molecule has 1 aliphatic carbocycles. The van der Waals surface area contributed by atoms with Crippen molar-refractivity contribution in [1.29, 1.82) is 0 Å². The lowest BCUT2D eigenvalue weighted by molar-refractivity contribution is 0.174. The Balaban J connectivity index is 1.94. The Morgan fingerprint density at radius 2 is 2.06 bits per heavy atom. The molecule has 0 bridgehead atoms. The molecule has 17 heavy (non-hydrogen) atoms. The SMILES string of the molecule is Oc1cc(C(O)CNCC2CC2)cc(Cl)c1O. The molecule has 0 amide bonds. The van der Waals surface area contributed by atoms with Crippen molar-refractivity contribution in [1.82, 2.24) is 5.32 Å². The molecule has 0 aliphatic heterocycles. The monoisotopic (exact) mass is 257 g/mol. The highest BCUT2D eigenvalue weighted by Gasteiger charge is 2.21. The third kappa shape index (κ3) is 3.25. The average Bonchev–Trinajstić information content (AvgIpc) is 3.09. The number of hydrogen-bond donors (Lipinski definition) is 4. The van der Waals surface area contributed by atoms with Crippen LogP contribution in [0.5, 0.6) is 11.5 Å². The second-order valence-corrected chi connectivity index (χ2v) is 4.90. The molecule has 1 aliphatic rings. The molecule has 0 radical (unpaired) electrons. The Bertz CT molecular complexity index is 384. The fourth-order valence-corrected chi connectivity index (χ4v) is 1.88. The standard InChI is InChI=1S/C12H16ClNO3/c13-9-3-8(4-10(15)12(9)17)11(16)6-14-5-7-1-2-7/h3-4,7,11,14-17H,1-2,5-6H2. The number of phenols is 2. The van der Waals surface area contributed by atoms with E-state index in [0.717, 1.165) is 12.5 Å². The highest BCUT2D eigenvalue weighted by atomic mass is 35.5. The number of aromatic hydroxyl groups is 2. The molecular formula is C12H16ClNO3. The zero-order chi connectivity index (χ0) is 12.4. The van der Waals surface area contributed by atoms with Gasteiger partial charge in [-0.1, -0.05) is 11.6 Å². The predicted octanol–water partition coefficient (Wildman–Crippen LogP) is 1.78. The van der Waals surface area contributed by atoms with Gasteiger partial charge in [-0.15, -0.1) is 0 Å². The summed E-state index contributed by atoms with van der Waals surface area (Å²) in [5, 5.41) is 31.8. The van der Waals surface area contributed by atoms with Gasteiger partial charge in [0.25, 0.3) is 0 Å². The molecule has 2 rings (SSSR count). The molecule has 1 unspecified atom stereocenters. The van der Waals surface area contributed by atoms with Crippen molar-refractivity contribution >= 4 is 11.6 Å². The third-order valence-corrected chi connectivity index (χ3v) is 3.21. The van der Waals surface area contributed by atoms with Gasteiger partial charge in [0.05, 0.1) is 11.1 Å². The predicted molar refractivity (Wildman–Crippen MR) is 65.3 cm³/mol. The summed E-state index contributed by atoms with van der Waals surface area (Å²) in [5.41, 5.74) is 0.494. The Morgan fingerprint density at radius 1 is 1.35 bits per heavy atom. The maximum absolute atomic E-state index is 9.88. The summed E-state index contributed by atoms with van der Waals surface area (Å²) < 4.78 is 0. The summed E-state index contributed by atoms with van der Waals surface area (Å²) in [7, 11) is 0. The summed E-state index contributed by atoms with van der Waals surface area (Å²) >= 11 is 5.72. The van der Waals surface area contributed by atoms with E-state index in [1.807, 2.05) is 0 Å². The number of aliphatic hydroxyl groups is 1. The zero-order valence-electron chi connectivity index (χ0n) is 9.36. The van der Waals surface area contributed by atoms with Crippen LogP contribution in [0.15, 0.2) is 12.1 Å². The molecule has 0 spiro atoms. The van der Waals surface area contributed by atoms with Crippen molar-refractivity contribution in [2.75, 3.05) is 13.1 Å². The number of halogens is 1. The summed E-state index contributed by atoms with van der Waals surface area (Å²) in [6.07, 6.45) is 1.78. The van der Waals surface area contributed by atoms with Crippen LogP contribution in [-0.2, 0) is 0 Å². The van der Waals surface area contributed by atoms with Crippen LogP contribution in [0, 0.1) is 5.92 Å². The molecule has 5 heteroatoms. The van der Waals surface area contributed by atoms with E-state index in [1.54, 1.807) is 0 Å². The first-order valence-electron chi connectivity index (χ1n) is 5.68. The first-order chi connectivity index (χ1) is 8.08. The molecule has 1 aromatic rings. The van der Waals surface area contributed by atoms with Gasteiger partial charge in [-0.3, -0.25) is 0 Å². The fourth-order valence-electron chi connectivity index (χ4n) is 1.66. The lowest BCUT2D eigenvalue weighted by atomic mass is 10.1. The van der Waals surface area contributed by atoms with Crippen molar-refractivity contribution in [2.45, 2.75) is 18.9 Å². The maximum Gasteiger partial charge on any atom is 0.176 e. The van der Waals surface area contributed by atoms with Crippen molar-refractivity contribution in [2.24, 2.45) is 5.92 Å².